The second-order valence-corrected chi connectivity index (χ2v) is 9.16. The smallest absolute Gasteiger partial charge is 0.353 e. The Labute approximate surface area is 182 Å². The van der Waals surface area contributed by atoms with Gasteiger partial charge in [0.15, 0.2) is 0 Å². The van der Waals surface area contributed by atoms with Gasteiger partial charge in [-0.2, -0.15) is 13.2 Å². The maximum Gasteiger partial charge on any atom is 0.433 e. The second-order valence-electron chi connectivity index (χ2n) is 7.32. The van der Waals surface area contributed by atoms with Crippen LogP contribution in [0.5, 0.6) is 0 Å². The first-order valence-electron chi connectivity index (χ1n) is 9.72. The zero-order chi connectivity index (χ0) is 23.4. The van der Waals surface area contributed by atoms with Crippen LogP contribution in [-0.2, 0) is 27.5 Å². The first-order chi connectivity index (χ1) is 15.0. The molecule has 3 N–H and O–H groups in total. The van der Waals surface area contributed by atoms with Crippen LogP contribution in [0.4, 0.5) is 18.9 Å². The molecule has 1 atom stereocenters. The van der Waals surface area contributed by atoms with Gasteiger partial charge in [0.1, 0.15) is 5.69 Å². The summed E-state index contributed by atoms with van der Waals surface area (Å²) in [4.78, 5) is 26.7. The van der Waals surface area contributed by atoms with E-state index in [4.69, 9.17) is 0 Å². The van der Waals surface area contributed by atoms with E-state index in [2.05, 4.69) is 20.3 Å². The summed E-state index contributed by atoms with van der Waals surface area (Å²) < 4.78 is 64.5. The molecule has 1 aliphatic heterocycles. The lowest BCUT2D eigenvalue weighted by Crippen LogP contribution is -2.29. The number of nitrogens with zero attached hydrogens (tertiary/aromatic N) is 1. The Kier molecular flexibility index (Phi) is 7.02. The highest BCUT2D eigenvalue weighted by atomic mass is 32.2. The van der Waals surface area contributed by atoms with Crippen molar-refractivity contribution in [1.82, 2.24) is 15.6 Å². The summed E-state index contributed by atoms with van der Waals surface area (Å²) in [7, 11) is -3.62. The van der Waals surface area contributed by atoms with Gasteiger partial charge >= 0.3 is 6.18 Å². The van der Waals surface area contributed by atoms with Gasteiger partial charge in [-0.25, -0.2) is 8.42 Å². The number of alkyl halides is 3. The van der Waals surface area contributed by atoms with Crippen LogP contribution < -0.4 is 15.4 Å². The number of aromatic nitrogens is 1. The molecule has 0 radical (unpaired) electrons. The fraction of sp³-hybridized carbons (Fsp3) is 0.350. The number of halogens is 3. The van der Waals surface area contributed by atoms with Crippen molar-refractivity contribution in [2.75, 3.05) is 10.5 Å². The number of carbonyl (C=O) groups excluding carboxylic acids is 2. The fourth-order valence-corrected chi connectivity index (χ4v) is 4.28. The summed E-state index contributed by atoms with van der Waals surface area (Å²) in [5.74, 6) is -0.707. The van der Waals surface area contributed by atoms with Crippen LogP contribution in [0, 0.1) is 0 Å². The molecule has 0 bridgehead atoms. The molecule has 32 heavy (non-hydrogen) atoms. The summed E-state index contributed by atoms with van der Waals surface area (Å²) in [6.07, 6.45) is -2.17. The van der Waals surface area contributed by atoms with E-state index in [1.165, 1.54) is 30.3 Å². The molecule has 1 aromatic carbocycles. The molecule has 1 fully saturated rings. The third-order valence-electron chi connectivity index (χ3n) is 4.81. The van der Waals surface area contributed by atoms with Crippen LogP contribution >= 0.6 is 0 Å². The molecule has 0 saturated carbocycles. The molecular weight excluding hydrogens is 449 g/mol. The average molecular weight is 470 g/mol. The molecule has 12 heteroatoms. The highest BCUT2D eigenvalue weighted by molar-refractivity contribution is 7.92. The normalized spacial score (nSPS) is 16.5. The molecule has 8 nitrogen and oxygen atoms in total. The zero-order valence-electron chi connectivity index (χ0n) is 16.8. The van der Waals surface area contributed by atoms with E-state index >= 15 is 0 Å². The molecule has 1 aliphatic rings. The van der Waals surface area contributed by atoms with Gasteiger partial charge in [-0.15, -0.1) is 0 Å². The number of nitrogens with one attached hydrogen (secondary N) is 3. The number of sulfonamides is 1. The predicted octanol–water partition coefficient (Wildman–Crippen LogP) is 2.44. The Balaban J connectivity index is 1.49. The monoisotopic (exact) mass is 470 g/mol. The van der Waals surface area contributed by atoms with E-state index in [9.17, 15) is 31.2 Å². The highest BCUT2D eigenvalue weighted by Crippen LogP contribution is 2.27. The van der Waals surface area contributed by atoms with Crippen molar-refractivity contribution in [2.45, 2.75) is 38.0 Å². The van der Waals surface area contributed by atoms with Crippen molar-refractivity contribution in [3.05, 3.63) is 59.4 Å². The SMILES string of the molecule is O=C1CC[C@H](CCS(=O)(=O)Nc2ccc(C(=O)NCc3ccc(C(F)(F)F)nc3)cc2)N1. The van der Waals surface area contributed by atoms with Crippen molar-refractivity contribution in [3.63, 3.8) is 0 Å². The standard InChI is InChI=1S/C20H21F3N4O4S/c21-20(22,23)17-7-1-13(11-24-17)12-25-19(29)14-2-4-16(5-3-14)27-32(30,31)10-9-15-6-8-18(28)26-15/h1-5,7,11,15,27H,6,8-10,12H2,(H,25,29)(H,26,28)/t15-/m1/s1. The Bertz CT molecular complexity index is 1070. The van der Waals surface area contributed by atoms with Crippen molar-refractivity contribution >= 4 is 27.5 Å². The van der Waals surface area contributed by atoms with Crippen molar-refractivity contribution in [3.8, 4) is 0 Å². The van der Waals surface area contributed by atoms with Crippen molar-refractivity contribution < 1.29 is 31.2 Å². The van der Waals surface area contributed by atoms with Crippen LogP contribution in [-0.4, -0.2) is 37.0 Å². The second kappa shape index (κ2) is 9.55. The van der Waals surface area contributed by atoms with Crippen LogP contribution in [0.1, 0.15) is 40.9 Å². The number of amides is 2. The van der Waals surface area contributed by atoms with Crippen LogP contribution in [0.3, 0.4) is 0 Å². The maximum absolute atomic E-state index is 12.5. The van der Waals surface area contributed by atoms with E-state index in [1.807, 2.05) is 0 Å². The minimum Gasteiger partial charge on any atom is -0.353 e. The number of rotatable bonds is 8. The van der Waals surface area contributed by atoms with Gasteiger partial charge in [0.25, 0.3) is 5.91 Å². The number of pyridine rings is 1. The first-order valence-corrected chi connectivity index (χ1v) is 11.4. The molecule has 2 aromatic rings. The van der Waals surface area contributed by atoms with Gasteiger partial charge in [0, 0.05) is 36.5 Å². The van der Waals surface area contributed by atoms with Crippen molar-refractivity contribution in [1.29, 1.82) is 0 Å². The lowest BCUT2D eigenvalue weighted by Gasteiger charge is -2.12. The topological polar surface area (TPSA) is 117 Å². The third-order valence-corrected chi connectivity index (χ3v) is 6.13. The van der Waals surface area contributed by atoms with Crippen LogP contribution in [0.15, 0.2) is 42.6 Å². The van der Waals surface area contributed by atoms with E-state index in [0.717, 1.165) is 12.3 Å². The molecule has 2 amide bonds. The quantitative estimate of drug-likeness (QED) is 0.548. The van der Waals surface area contributed by atoms with Gasteiger partial charge in [0.05, 0.1) is 5.75 Å². The van der Waals surface area contributed by atoms with Gasteiger partial charge in [-0.3, -0.25) is 19.3 Å². The lowest BCUT2D eigenvalue weighted by molar-refractivity contribution is -0.141. The summed E-state index contributed by atoms with van der Waals surface area (Å²) in [5.41, 5.74) is -0.0850. The molecule has 1 aromatic heterocycles. The largest absolute Gasteiger partial charge is 0.433 e. The molecule has 1 saturated heterocycles. The number of carbonyl (C=O) groups is 2. The van der Waals surface area contributed by atoms with Gasteiger partial charge in [0.2, 0.25) is 15.9 Å². The van der Waals surface area contributed by atoms with Gasteiger partial charge in [-0.05, 0) is 48.7 Å². The highest BCUT2D eigenvalue weighted by Gasteiger charge is 2.32. The fourth-order valence-electron chi connectivity index (χ4n) is 3.09. The lowest BCUT2D eigenvalue weighted by atomic mass is 10.2. The van der Waals surface area contributed by atoms with Crippen LogP contribution in [0.2, 0.25) is 0 Å². The number of anilines is 1. The minimum atomic E-state index is -4.53. The molecule has 3 rings (SSSR count). The number of hydrogen-bond donors (Lipinski definition) is 3. The van der Waals surface area contributed by atoms with E-state index in [0.29, 0.717) is 24.8 Å². The Morgan fingerprint density at radius 3 is 2.44 bits per heavy atom. The Morgan fingerprint density at radius 2 is 1.88 bits per heavy atom. The van der Waals surface area contributed by atoms with Crippen molar-refractivity contribution in [2.24, 2.45) is 0 Å². The minimum absolute atomic E-state index is 0.0178. The molecule has 172 valence electrons. The van der Waals surface area contributed by atoms with Gasteiger partial charge < -0.3 is 10.6 Å². The third kappa shape index (κ3) is 6.67. The summed E-state index contributed by atoms with van der Waals surface area (Å²) in [5, 5.41) is 5.28. The molecule has 0 aliphatic carbocycles. The van der Waals surface area contributed by atoms with E-state index in [1.54, 1.807) is 0 Å². The summed E-state index contributed by atoms with van der Waals surface area (Å²) in [6, 6.07) is 7.64. The van der Waals surface area contributed by atoms with E-state index in [-0.39, 0.29) is 35.5 Å². The Hall–Kier alpha value is -3.15. The number of benzene rings is 1. The summed E-state index contributed by atoms with van der Waals surface area (Å²) in [6.45, 7) is -0.0178. The molecule has 2 heterocycles. The predicted molar refractivity (Wildman–Crippen MR) is 110 cm³/mol. The molecule has 0 unspecified atom stereocenters. The Morgan fingerprint density at radius 1 is 1.16 bits per heavy atom. The first kappa shape index (κ1) is 23.5. The number of hydrogen-bond acceptors (Lipinski definition) is 5. The van der Waals surface area contributed by atoms with E-state index < -0.39 is 27.8 Å². The maximum atomic E-state index is 12.5. The molecule has 0 spiro atoms. The zero-order valence-corrected chi connectivity index (χ0v) is 17.6. The van der Waals surface area contributed by atoms with Gasteiger partial charge in [-0.1, -0.05) is 6.07 Å². The average Bonchev–Trinajstić information content (AvgIpc) is 3.16. The molecular formula is C20H21F3N4O4S. The van der Waals surface area contributed by atoms with Crippen LogP contribution in [0.25, 0.3) is 0 Å². The summed E-state index contributed by atoms with van der Waals surface area (Å²) >= 11 is 0.